The first-order valence-corrected chi connectivity index (χ1v) is 12.9. The Morgan fingerprint density at radius 1 is 0.902 bits per heavy atom. The minimum Gasteiger partial charge on any atom is -0.493 e. The number of hydrazone groups is 1. The number of carbonyl (C=O) groups is 4. The van der Waals surface area contributed by atoms with Crippen LogP contribution in [0.25, 0.3) is 0 Å². The van der Waals surface area contributed by atoms with E-state index in [4.69, 9.17) is 37.4 Å². The van der Waals surface area contributed by atoms with Gasteiger partial charge in [0.05, 0.1) is 41.2 Å². The Kier molecular flexibility index (Phi) is 11.5. The Morgan fingerprint density at radius 3 is 2.37 bits per heavy atom. The maximum Gasteiger partial charge on any atom is 0.338 e. The maximum atomic E-state index is 12.3. The highest BCUT2D eigenvalue weighted by molar-refractivity contribution is 6.44. The minimum absolute atomic E-state index is 0.171. The standard InChI is InChI=1S/C28H26Cl2N4O7/c1-3-40-28(38)18-8-10-19(11-9-18)32-26(37)16-41-22-12-7-17(13-23(22)39-2)15-31-34-25(36)14-24(35)33-21-6-4-5-20(29)27(21)30/h4-13,15H,3,14,16H2,1-2H3,(H,32,37)(H,33,35)(H,34,36). The van der Waals surface area contributed by atoms with Crippen molar-refractivity contribution < 1.29 is 33.4 Å². The van der Waals surface area contributed by atoms with E-state index in [1.54, 1.807) is 67.6 Å². The van der Waals surface area contributed by atoms with Crippen LogP contribution < -0.4 is 25.5 Å². The van der Waals surface area contributed by atoms with Gasteiger partial charge in [0, 0.05) is 5.69 Å². The number of benzene rings is 3. The van der Waals surface area contributed by atoms with Crippen LogP contribution in [0.5, 0.6) is 11.5 Å². The second kappa shape index (κ2) is 15.2. The lowest BCUT2D eigenvalue weighted by atomic mass is 10.2. The molecule has 0 fully saturated rings. The van der Waals surface area contributed by atoms with Crippen molar-refractivity contribution in [3.05, 3.63) is 81.8 Å². The number of hydrogen-bond donors (Lipinski definition) is 3. The first kappa shape index (κ1) is 30.9. The molecule has 0 saturated carbocycles. The van der Waals surface area contributed by atoms with E-state index in [1.807, 2.05) is 0 Å². The normalized spacial score (nSPS) is 10.5. The number of esters is 1. The first-order chi connectivity index (χ1) is 19.7. The SMILES string of the molecule is CCOC(=O)c1ccc(NC(=O)COc2ccc(C=NNC(=O)CC(=O)Nc3cccc(Cl)c3Cl)cc2OC)cc1. The highest BCUT2D eigenvalue weighted by atomic mass is 35.5. The number of hydrogen-bond acceptors (Lipinski definition) is 8. The largest absolute Gasteiger partial charge is 0.493 e. The van der Waals surface area contributed by atoms with Gasteiger partial charge in [0.2, 0.25) is 11.8 Å². The van der Waals surface area contributed by atoms with E-state index in [0.29, 0.717) is 28.3 Å². The van der Waals surface area contributed by atoms with Gasteiger partial charge in [-0.15, -0.1) is 0 Å². The number of halogens is 2. The first-order valence-electron chi connectivity index (χ1n) is 12.1. The molecule has 0 spiro atoms. The Balaban J connectivity index is 1.48. The van der Waals surface area contributed by atoms with Gasteiger partial charge in [-0.25, -0.2) is 10.2 Å². The molecule has 3 N–H and O–H groups in total. The fourth-order valence-corrected chi connectivity index (χ4v) is 3.63. The summed E-state index contributed by atoms with van der Waals surface area (Å²) in [6.45, 7) is 1.68. The van der Waals surface area contributed by atoms with Gasteiger partial charge in [-0.2, -0.15) is 5.10 Å². The third-order valence-electron chi connectivity index (χ3n) is 5.18. The van der Waals surface area contributed by atoms with Crippen LogP contribution in [-0.2, 0) is 19.1 Å². The van der Waals surface area contributed by atoms with Crippen molar-refractivity contribution in [2.45, 2.75) is 13.3 Å². The van der Waals surface area contributed by atoms with Gasteiger partial charge in [0.1, 0.15) is 6.42 Å². The van der Waals surface area contributed by atoms with Crippen LogP contribution in [0.2, 0.25) is 10.0 Å². The molecule has 0 saturated heterocycles. The molecule has 0 radical (unpaired) electrons. The van der Waals surface area contributed by atoms with Gasteiger partial charge in [-0.05, 0) is 67.1 Å². The van der Waals surface area contributed by atoms with Crippen molar-refractivity contribution in [2.24, 2.45) is 5.10 Å². The highest BCUT2D eigenvalue weighted by Gasteiger charge is 2.13. The molecule has 3 amide bonds. The third-order valence-corrected chi connectivity index (χ3v) is 5.99. The molecule has 0 atom stereocenters. The molecular formula is C28H26Cl2N4O7. The van der Waals surface area contributed by atoms with E-state index in [1.165, 1.54) is 13.3 Å². The maximum absolute atomic E-state index is 12.3. The summed E-state index contributed by atoms with van der Waals surface area (Å²) >= 11 is 11.9. The Morgan fingerprint density at radius 2 is 1.66 bits per heavy atom. The zero-order valence-corrected chi connectivity index (χ0v) is 23.5. The number of anilines is 2. The summed E-state index contributed by atoms with van der Waals surface area (Å²) in [6, 6.07) is 15.8. The van der Waals surface area contributed by atoms with Crippen LogP contribution in [0, 0.1) is 0 Å². The molecule has 0 aliphatic heterocycles. The second-order valence-corrected chi connectivity index (χ2v) is 8.95. The predicted molar refractivity (Wildman–Crippen MR) is 155 cm³/mol. The highest BCUT2D eigenvalue weighted by Crippen LogP contribution is 2.30. The van der Waals surface area contributed by atoms with Crippen molar-refractivity contribution in [1.82, 2.24) is 5.43 Å². The molecule has 3 aromatic carbocycles. The molecule has 0 aliphatic carbocycles. The van der Waals surface area contributed by atoms with Crippen LogP contribution in [0.15, 0.2) is 65.8 Å². The molecule has 41 heavy (non-hydrogen) atoms. The van der Waals surface area contributed by atoms with Gasteiger partial charge in [0.15, 0.2) is 18.1 Å². The monoisotopic (exact) mass is 600 g/mol. The second-order valence-electron chi connectivity index (χ2n) is 8.16. The topological polar surface area (TPSA) is 144 Å². The fourth-order valence-electron chi connectivity index (χ4n) is 3.29. The number of methoxy groups -OCH3 is 1. The fraction of sp³-hybridized carbons (Fsp3) is 0.179. The summed E-state index contributed by atoms with van der Waals surface area (Å²) in [5, 5.41) is 9.47. The van der Waals surface area contributed by atoms with Crippen LogP contribution in [0.4, 0.5) is 11.4 Å². The van der Waals surface area contributed by atoms with E-state index < -0.39 is 30.1 Å². The van der Waals surface area contributed by atoms with E-state index >= 15 is 0 Å². The number of rotatable bonds is 12. The van der Waals surface area contributed by atoms with Crippen molar-refractivity contribution >= 4 is 64.5 Å². The zero-order valence-electron chi connectivity index (χ0n) is 22.0. The predicted octanol–water partition coefficient (Wildman–Crippen LogP) is 4.68. The van der Waals surface area contributed by atoms with Gasteiger partial charge in [0.25, 0.3) is 5.91 Å². The lowest BCUT2D eigenvalue weighted by Crippen LogP contribution is -2.24. The summed E-state index contributed by atoms with van der Waals surface area (Å²) in [4.78, 5) is 48.2. The third kappa shape index (κ3) is 9.52. The van der Waals surface area contributed by atoms with Crippen molar-refractivity contribution in [1.29, 1.82) is 0 Å². The van der Waals surface area contributed by atoms with Crippen LogP contribution in [-0.4, -0.2) is 50.2 Å². The van der Waals surface area contributed by atoms with E-state index in [0.717, 1.165) is 0 Å². The number of nitrogens with zero attached hydrogens (tertiary/aromatic N) is 1. The van der Waals surface area contributed by atoms with Gasteiger partial charge < -0.3 is 24.8 Å². The minimum atomic E-state index is -0.648. The summed E-state index contributed by atoms with van der Waals surface area (Å²) in [6.07, 6.45) is 0.858. The number of ether oxygens (including phenoxy) is 3. The van der Waals surface area contributed by atoms with Crippen LogP contribution in [0.3, 0.4) is 0 Å². The molecule has 0 aliphatic rings. The van der Waals surface area contributed by atoms with E-state index in [2.05, 4.69) is 21.2 Å². The smallest absolute Gasteiger partial charge is 0.338 e. The summed E-state index contributed by atoms with van der Waals surface area (Å²) < 4.78 is 15.8. The van der Waals surface area contributed by atoms with Crippen molar-refractivity contribution in [3.63, 3.8) is 0 Å². The number of amides is 3. The molecule has 0 bridgehead atoms. The van der Waals surface area contributed by atoms with Gasteiger partial charge in [-0.1, -0.05) is 29.3 Å². The Labute approximate surface area is 245 Å². The lowest BCUT2D eigenvalue weighted by Gasteiger charge is -2.11. The Bertz CT molecular complexity index is 1450. The molecule has 214 valence electrons. The number of nitrogens with one attached hydrogen (secondary N) is 3. The number of carbonyl (C=O) groups excluding carboxylic acids is 4. The molecule has 13 heteroatoms. The summed E-state index contributed by atoms with van der Waals surface area (Å²) in [5.41, 5.74) is 3.96. The summed E-state index contributed by atoms with van der Waals surface area (Å²) in [5.74, 6) is -1.48. The summed E-state index contributed by atoms with van der Waals surface area (Å²) in [7, 11) is 1.43. The molecule has 0 heterocycles. The van der Waals surface area contributed by atoms with Gasteiger partial charge >= 0.3 is 5.97 Å². The van der Waals surface area contributed by atoms with E-state index in [9.17, 15) is 19.2 Å². The van der Waals surface area contributed by atoms with Crippen LogP contribution >= 0.6 is 23.2 Å². The molecular weight excluding hydrogens is 575 g/mol. The van der Waals surface area contributed by atoms with Crippen LogP contribution in [0.1, 0.15) is 29.3 Å². The average molecular weight is 601 g/mol. The van der Waals surface area contributed by atoms with E-state index in [-0.39, 0.29) is 28.9 Å². The molecule has 11 nitrogen and oxygen atoms in total. The molecule has 0 unspecified atom stereocenters. The lowest BCUT2D eigenvalue weighted by molar-refractivity contribution is -0.126. The van der Waals surface area contributed by atoms with Crippen molar-refractivity contribution in [2.75, 3.05) is 31.0 Å². The quantitative estimate of drug-likeness (QED) is 0.118. The Hall–Kier alpha value is -4.61. The van der Waals surface area contributed by atoms with Crippen molar-refractivity contribution in [3.8, 4) is 11.5 Å². The molecule has 3 aromatic rings. The average Bonchev–Trinajstić information content (AvgIpc) is 2.95. The zero-order chi connectivity index (χ0) is 29.8. The van der Waals surface area contributed by atoms with Gasteiger partial charge in [-0.3, -0.25) is 14.4 Å². The molecule has 0 aromatic heterocycles. The molecule has 3 rings (SSSR count).